The van der Waals surface area contributed by atoms with Gasteiger partial charge in [0.05, 0.1) is 5.92 Å². The van der Waals surface area contributed by atoms with Crippen molar-refractivity contribution in [3.63, 3.8) is 0 Å². The summed E-state index contributed by atoms with van der Waals surface area (Å²) in [4.78, 5) is 6.21. The summed E-state index contributed by atoms with van der Waals surface area (Å²) in [7, 11) is 3.74. The van der Waals surface area contributed by atoms with Gasteiger partial charge in [0.2, 0.25) is 5.89 Å². The zero-order valence-corrected chi connectivity index (χ0v) is 14.0. The summed E-state index contributed by atoms with van der Waals surface area (Å²) in [5.74, 6) is 1.07. The molecule has 5 heteroatoms. The van der Waals surface area contributed by atoms with Crippen molar-refractivity contribution in [3.05, 3.63) is 77.2 Å². The van der Waals surface area contributed by atoms with Gasteiger partial charge in [0.15, 0.2) is 0 Å². The van der Waals surface area contributed by atoms with Crippen molar-refractivity contribution in [1.29, 1.82) is 0 Å². The topological polar surface area (TPSA) is 62.4 Å². The molecule has 1 heterocycles. The summed E-state index contributed by atoms with van der Waals surface area (Å²) in [5.41, 5.74) is 2.74. The molecule has 2 unspecified atom stereocenters. The second-order valence-electron chi connectivity index (χ2n) is 6.03. The number of rotatable bonds is 5. The molecule has 2 atom stereocenters. The number of hydrogen-bond acceptors (Lipinski definition) is 5. The normalized spacial score (nSPS) is 13.5. The first kappa shape index (κ1) is 16.2. The lowest BCUT2D eigenvalue weighted by Crippen LogP contribution is -2.10. The average Bonchev–Trinajstić information content (AvgIpc) is 3.12. The number of hydrogen-bond donors (Lipinski definition) is 1. The molecule has 0 fully saturated rings. The molecule has 24 heavy (non-hydrogen) atoms. The quantitative estimate of drug-likeness (QED) is 0.780. The Bertz CT molecular complexity index is 799. The molecular weight excluding hydrogens is 302 g/mol. The minimum absolute atomic E-state index is 0.0471. The Balaban J connectivity index is 1.86. The third-order valence-corrected chi connectivity index (χ3v) is 4.04. The lowest BCUT2D eigenvalue weighted by atomic mass is 9.95. The minimum atomic E-state index is -0.654. The fourth-order valence-electron chi connectivity index (χ4n) is 2.55. The molecule has 1 N–H and O–H groups in total. The van der Waals surface area contributed by atoms with E-state index >= 15 is 0 Å². The van der Waals surface area contributed by atoms with E-state index in [0.717, 1.165) is 16.7 Å². The Labute approximate surface area is 141 Å². The molecule has 0 aliphatic rings. The van der Waals surface area contributed by atoms with Gasteiger partial charge >= 0.3 is 0 Å². The van der Waals surface area contributed by atoms with E-state index in [0.29, 0.717) is 11.8 Å². The zero-order valence-electron chi connectivity index (χ0n) is 14.0. The van der Waals surface area contributed by atoms with E-state index in [-0.39, 0.29) is 5.92 Å². The van der Waals surface area contributed by atoms with E-state index in [1.807, 2.05) is 75.6 Å². The first-order chi connectivity index (χ1) is 11.6. The van der Waals surface area contributed by atoms with Crippen LogP contribution in [0.25, 0.3) is 0 Å². The summed E-state index contributed by atoms with van der Waals surface area (Å²) >= 11 is 0. The fourth-order valence-corrected chi connectivity index (χ4v) is 2.55. The number of nitrogens with zero attached hydrogens (tertiary/aromatic N) is 3. The van der Waals surface area contributed by atoms with Crippen LogP contribution < -0.4 is 4.90 Å². The number of aromatic nitrogens is 2. The van der Waals surface area contributed by atoms with Crippen LogP contribution in [0, 0.1) is 0 Å². The Hall–Kier alpha value is -2.66. The molecule has 0 spiro atoms. The van der Waals surface area contributed by atoms with Gasteiger partial charge in [0, 0.05) is 14.1 Å². The van der Waals surface area contributed by atoms with Gasteiger partial charge in [-0.15, -0.1) is 0 Å². The highest BCUT2D eigenvalue weighted by molar-refractivity contribution is 5.36. The van der Waals surface area contributed by atoms with Crippen LogP contribution in [0.2, 0.25) is 0 Å². The van der Waals surface area contributed by atoms with Gasteiger partial charge in [-0.25, -0.2) is 0 Å². The Morgan fingerprint density at radius 2 is 1.62 bits per heavy atom. The highest BCUT2D eigenvalue weighted by Gasteiger charge is 2.19. The van der Waals surface area contributed by atoms with Crippen molar-refractivity contribution in [2.75, 3.05) is 19.0 Å². The fraction of sp³-hybridized carbons (Fsp3) is 0.263. The molecule has 0 bridgehead atoms. The van der Waals surface area contributed by atoms with Crippen LogP contribution in [-0.4, -0.2) is 29.3 Å². The highest BCUT2D eigenvalue weighted by atomic mass is 16.5. The number of aliphatic hydroxyl groups excluding tert-OH is 1. The van der Waals surface area contributed by atoms with Crippen LogP contribution in [0.1, 0.15) is 41.5 Å². The second kappa shape index (κ2) is 6.84. The molecule has 0 amide bonds. The molecule has 5 nitrogen and oxygen atoms in total. The third kappa shape index (κ3) is 3.31. The van der Waals surface area contributed by atoms with E-state index in [1.54, 1.807) is 4.90 Å². The van der Waals surface area contributed by atoms with Crippen molar-refractivity contribution in [3.8, 4) is 0 Å². The van der Waals surface area contributed by atoms with Gasteiger partial charge in [-0.3, -0.25) is 0 Å². The molecule has 3 rings (SSSR count). The Morgan fingerprint density at radius 3 is 2.29 bits per heavy atom. The van der Waals surface area contributed by atoms with Gasteiger partial charge in [0.1, 0.15) is 6.10 Å². The maximum Gasteiger partial charge on any atom is 0.265 e. The SMILES string of the molecule is CC(c1cccc(C(O)c2ccccc2)c1)c1nc(N(C)C)no1. The van der Waals surface area contributed by atoms with E-state index in [4.69, 9.17) is 4.52 Å². The molecule has 3 aromatic rings. The molecule has 124 valence electrons. The lowest BCUT2D eigenvalue weighted by Gasteiger charge is -2.14. The van der Waals surface area contributed by atoms with Gasteiger partial charge < -0.3 is 14.5 Å². The summed E-state index contributed by atoms with van der Waals surface area (Å²) in [6.07, 6.45) is -0.654. The smallest absolute Gasteiger partial charge is 0.265 e. The zero-order chi connectivity index (χ0) is 17.1. The van der Waals surface area contributed by atoms with Crippen LogP contribution in [0.4, 0.5) is 5.95 Å². The monoisotopic (exact) mass is 323 g/mol. The van der Waals surface area contributed by atoms with E-state index in [9.17, 15) is 5.11 Å². The lowest BCUT2D eigenvalue weighted by molar-refractivity contribution is 0.220. The Kier molecular flexibility index (Phi) is 4.62. The molecule has 0 saturated carbocycles. The molecule has 1 aromatic heterocycles. The predicted octanol–water partition coefficient (Wildman–Crippen LogP) is 3.37. The van der Waals surface area contributed by atoms with Gasteiger partial charge in [-0.2, -0.15) is 4.98 Å². The predicted molar refractivity (Wildman–Crippen MR) is 93.1 cm³/mol. The van der Waals surface area contributed by atoms with E-state index in [1.165, 1.54) is 0 Å². The third-order valence-electron chi connectivity index (χ3n) is 4.04. The average molecular weight is 323 g/mol. The van der Waals surface area contributed by atoms with Crippen molar-refractivity contribution in [2.24, 2.45) is 0 Å². The number of aliphatic hydroxyl groups is 1. The maximum atomic E-state index is 10.6. The number of anilines is 1. The highest BCUT2D eigenvalue weighted by Crippen LogP contribution is 2.28. The standard InChI is InChI=1S/C19H21N3O2/c1-13(18-20-19(21-24-18)22(2)3)15-10-7-11-16(12-15)17(23)14-8-5-4-6-9-14/h4-13,17,23H,1-3H3. The first-order valence-electron chi connectivity index (χ1n) is 7.90. The molecular formula is C19H21N3O2. The molecule has 0 aliphatic carbocycles. The largest absolute Gasteiger partial charge is 0.384 e. The maximum absolute atomic E-state index is 10.6. The van der Waals surface area contributed by atoms with Crippen LogP contribution in [-0.2, 0) is 0 Å². The van der Waals surface area contributed by atoms with Crippen molar-refractivity contribution in [1.82, 2.24) is 10.1 Å². The second-order valence-corrected chi connectivity index (χ2v) is 6.03. The molecule has 0 saturated heterocycles. The Morgan fingerprint density at radius 1 is 0.958 bits per heavy atom. The summed E-state index contributed by atoms with van der Waals surface area (Å²) < 4.78 is 5.36. The minimum Gasteiger partial charge on any atom is -0.384 e. The van der Waals surface area contributed by atoms with E-state index < -0.39 is 6.10 Å². The summed E-state index contributed by atoms with van der Waals surface area (Å²) in [6.45, 7) is 2.01. The van der Waals surface area contributed by atoms with Crippen LogP contribution in [0.5, 0.6) is 0 Å². The van der Waals surface area contributed by atoms with Gasteiger partial charge in [-0.1, -0.05) is 54.6 Å². The van der Waals surface area contributed by atoms with Crippen molar-refractivity contribution in [2.45, 2.75) is 18.9 Å². The first-order valence-corrected chi connectivity index (χ1v) is 7.90. The van der Waals surface area contributed by atoms with E-state index in [2.05, 4.69) is 10.1 Å². The summed E-state index contributed by atoms with van der Waals surface area (Å²) in [6, 6.07) is 17.5. The summed E-state index contributed by atoms with van der Waals surface area (Å²) in [5, 5.41) is 14.5. The molecule has 0 radical (unpaired) electrons. The van der Waals surface area contributed by atoms with Crippen molar-refractivity contribution >= 4 is 5.95 Å². The molecule has 2 aromatic carbocycles. The van der Waals surface area contributed by atoms with Gasteiger partial charge in [0.25, 0.3) is 5.95 Å². The van der Waals surface area contributed by atoms with Crippen molar-refractivity contribution < 1.29 is 9.63 Å². The van der Waals surface area contributed by atoms with Crippen LogP contribution >= 0.6 is 0 Å². The number of benzene rings is 2. The molecule has 0 aliphatic heterocycles. The van der Waals surface area contributed by atoms with Gasteiger partial charge in [-0.05, 0) is 28.8 Å². The van der Waals surface area contributed by atoms with Crippen LogP contribution in [0.3, 0.4) is 0 Å². The van der Waals surface area contributed by atoms with Crippen LogP contribution in [0.15, 0.2) is 59.1 Å².